The lowest BCUT2D eigenvalue weighted by atomic mass is 9.69. The Balaban J connectivity index is 1.80. The highest BCUT2D eigenvalue weighted by atomic mass is 16.5. The first-order chi connectivity index (χ1) is 17.6. The summed E-state index contributed by atoms with van der Waals surface area (Å²) >= 11 is 0. The quantitative estimate of drug-likeness (QED) is 0.388. The number of hydrogen-bond acceptors (Lipinski definition) is 11. The molecule has 5 atom stereocenters. The molecule has 0 spiro atoms. The molecule has 1 fully saturated rings. The molecule has 0 unspecified atom stereocenters. The minimum atomic E-state index is -1.12. The zero-order valence-corrected chi connectivity index (χ0v) is 21.0. The van der Waals surface area contributed by atoms with Crippen LogP contribution in [0.2, 0.25) is 0 Å². The number of carbonyl (C=O) groups excluding carboxylic acids is 3. The highest BCUT2D eigenvalue weighted by Crippen LogP contribution is 2.56. The molecule has 0 saturated carbocycles. The van der Waals surface area contributed by atoms with Crippen LogP contribution in [0.1, 0.15) is 40.9 Å². The van der Waals surface area contributed by atoms with Gasteiger partial charge in [-0.1, -0.05) is 0 Å². The van der Waals surface area contributed by atoms with E-state index >= 15 is 0 Å². The van der Waals surface area contributed by atoms with Crippen molar-refractivity contribution in [1.29, 1.82) is 5.26 Å². The number of benzene rings is 1. The van der Waals surface area contributed by atoms with E-state index in [1.807, 2.05) is 0 Å². The molecule has 1 aliphatic carbocycles. The van der Waals surface area contributed by atoms with Gasteiger partial charge in [-0.3, -0.25) is 24.2 Å². The van der Waals surface area contributed by atoms with E-state index in [4.69, 9.17) is 9.47 Å². The van der Waals surface area contributed by atoms with Crippen molar-refractivity contribution < 1.29 is 39.2 Å². The largest absolute Gasteiger partial charge is 0.507 e. The van der Waals surface area contributed by atoms with Gasteiger partial charge in [0, 0.05) is 33.9 Å². The Hall–Kier alpha value is -3.72. The first kappa shape index (κ1) is 25.0. The SMILES string of the molecule is COC1=C(C)C(=O)C2=C(C1=O)[C@H](CO)N1[C@@H](C#N)[C@@H]3C(=O)c4c(O)c(C)c(OC)c(O)c4[C@H]([C@@H]1C2)N3C. The summed E-state index contributed by atoms with van der Waals surface area (Å²) in [5, 5.41) is 43.0. The topological polar surface area (TPSA) is 161 Å². The second kappa shape index (κ2) is 8.41. The minimum absolute atomic E-state index is 0.00622. The summed E-state index contributed by atoms with van der Waals surface area (Å²) in [7, 11) is 4.26. The van der Waals surface area contributed by atoms with Gasteiger partial charge in [0.15, 0.2) is 28.8 Å². The molecule has 2 bridgehead atoms. The Bertz CT molecular complexity index is 1390. The van der Waals surface area contributed by atoms with Gasteiger partial charge in [0.25, 0.3) is 0 Å². The number of piperazine rings is 1. The molecule has 1 aromatic carbocycles. The summed E-state index contributed by atoms with van der Waals surface area (Å²) in [6.07, 6.45) is 0.00860. The van der Waals surface area contributed by atoms with Crippen molar-refractivity contribution in [2.24, 2.45) is 0 Å². The van der Waals surface area contributed by atoms with Gasteiger partial charge in [0.05, 0.1) is 44.5 Å². The number of hydrogen-bond donors (Lipinski definition) is 3. The number of fused-ring (bicyclic) bond motifs is 6. The molecule has 194 valence electrons. The molecule has 5 rings (SSSR count). The third-order valence-corrected chi connectivity index (χ3v) is 8.28. The molecule has 11 heteroatoms. The van der Waals surface area contributed by atoms with Crippen LogP contribution in [0.15, 0.2) is 22.5 Å². The molecule has 11 nitrogen and oxygen atoms in total. The highest BCUT2D eigenvalue weighted by Gasteiger charge is 2.60. The average molecular weight is 510 g/mol. The van der Waals surface area contributed by atoms with E-state index < -0.39 is 54.2 Å². The lowest BCUT2D eigenvalue weighted by Gasteiger charge is -2.59. The van der Waals surface area contributed by atoms with Crippen LogP contribution in [0.4, 0.5) is 0 Å². The number of methoxy groups -OCH3 is 2. The van der Waals surface area contributed by atoms with Gasteiger partial charge in [-0.15, -0.1) is 0 Å². The number of aliphatic hydroxyl groups is 1. The van der Waals surface area contributed by atoms with Crippen LogP contribution < -0.4 is 4.74 Å². The second-order valence-corrected chi connectivity index (χ2v) is 9.76. The predicted molar refractivity (Wildman–Crippen MR) is 127 cm³/mol. The fourth-order valence-corrected chi connectivity index (χ4v) is 6.71. The fourth-order valence-electron chi connectivity index (χ4n) is 6.71. The number of likely N-dealkylation sites (N-methyl/N-ethyl adjacent to an activating group) is 1. The van der Waals surface area contributed by atoms with Gasteiger partial charge in [0.2, 0.25) is 5.78 Å². The van der Waals surface area contributed by atoms with E-state index in [9.17, 15) is 35.0 Å². The third kappa shape index (κ3) is 2.94. The summed E-state index contributed by atoms with van der Waals surface area (Å²) in [4.78, 5) is 43.8. The maximum Gasteiger partial charge on any atom is 0.226 e. The molecule has 1 aromatic rings. The number of allylic oxidation sites excluding steroid dienone is 2. The summed E-state index contributed by atoms with van der Waals surface area (Å²) < 4.78 is 10.5. The van der Waals surface area contributed by atoms with E-state index in [1.54, 1.807) is 16.8 Å². The number of aromatic hydroxyl groups is 2. The number of Topliss-reactive ketones (excluding diaryl/α,β-unsaturated/α-hetero) is 3. The van der Waals surface area contributed by atoms with E-state index in [0.29, 0.717) is 0 Å². The van der Waals surface area contributed by atoms with E-state index in [2.05, 4.69) is 6.07 Å². The fraction of sp³-hybridized carbons (Fsp3) is 0.462. The van der Waals surface area contributed by atoms with Crippen LogP contribution in [0.3, 0.4) is 0 Å². The van der Waals surface area contributed by atoms with Gasteiger partial charge in [-0.2, -0.15) is 5.26 Å². The van der Waals surface area contributed by atoms with Crippen molar-refractivity contribution in [3.63, 3.8) is 0 Å². The Labute approximate surface area is 212 Å². The first-order valence-corrected chi connectivity index (χ1v) is 11.8. The van der Waals surface area contributed by atoms with E-state index in [1.165, 1.54) is 28.1 Å². The minimum Gasteiger partial charge on any atom is -0.507 e. The van der Waals surface area contributed by atoms with Crippen molar-refractivity contribution in [2.45, 2.75) is 50.5 Å². The van der Waals surface area contributed by atoms with Crippen LogP contribution in [-0.4, -0.2) is 94.5 Å². The Morgan fingerprint density at radius 1 is 1.05 bits per heavy atom. The number of ketones is 3. The molecule has 3 aliphatic heterocycles. The molecule has 1 saturated heterocycles. The number of nitrogens with zero attached hydrogens (tertiary/aromatic N) is 3. The summed E-state index contributed by atoms with van der Waals surface area (Å²) in [6, 6.07) is -2.58. The number of aliphatic hydroxyl groups excluding tert-OH is 1. The number of carbonyl (C=O) groups is 3. The van der Waals surface area contributed by atoms with Crippen molar-refractivity contribution in [1.82, 2.24) is 9.80 Å². The number of phenolic OH excluding ortho intramolecular Hbond substituents is 2. The van der Waals surface area contributed by atoms with Gasteiger partial charge in [-0.25, -0.2) is 0 Å². The number of nitriles is 1. The lowest BCUT2D eigenvalue weighted by molar-refractivity contribution is -0.122. The number of ether oxygens (including phenoxy) is 2. The molecule has 4 aliphatic rings. The molecule has 3 heterocycles. The second-order valence-electron chi connectivity index (χ2n) is 9.76. The van der Waals surface area contributed by atoms with Crippen LogP contribution in [0.25, 0.3) is 0 Å². The van der Waals surface area contributed by atoms with Crippen molar-refractivity contribution in [3.8, 4) is 23.3 Å². The van der Waals surface area contributed by atoms with Crippen molar-refractivity contribution in [2.75, 3.05) is 27.9 Å². The maximum atomic E-state index is 13.8. The Morgan fingerprint density at radius 3 is 2.30 bits per heavy atom. The summed E-state index contributed by atoms with van der Waals surface area (Å²) in [6.45, 7) is 2.41. The number of rotatable bonds is 3. The maximum absolute atomic E-state index is 13.8. The zero-order valence-electron chi connectivity index (χ0n) is 21.0. The zero-order chi connectivity index (χ0) is 27.1. The predicted octanol–water partition coefficient (Wildman–Crippen LogP) is 0.662. The normalized spacial score (nSPS) is 29.5. The third-order valence-electron chi connectivity index (χ3n) is 8.28. The Kier molecular flexibility index (Phi) is 5.67. The molecule has 0 amide bonds. The highest BCUT2D eigenvalue weighted by molar-refractivity contribution is 6.25. The summed E-state index contributed by atoms with van der Waals surface area (Å²) in [5.41, 5.74) is 0.613. The van der Waals surface area contributed by atoms with Gasteiger partial charge in [-0.05, 0) is 27.3 Å². The lowest BCUT2D eigenvalue weighted by Crippen LogP contribution is -2.72. The van der Waals surface area contributed by atoms with Crippen LogP contribution in [0.5, 0.6) is 17.2 Å². The molecule has 0 radical (unpaired) electrons. The van der Waals surface area contributed by atoms with Crippen molar-refractivity contribution in [3.05, 3.63) is 39.2 Å². The first-order valence-electron chi connectivity index (χ1n) is 11.8. The molecule has 37 heavy (non-hydrogen) atoms. The molecular weight excluding hydrogens is 482 g/mol. The molecular formula is C26H27N3O8. The van der Waals surface area contributed by atoms with Gasteiger partial charge >= 0.3 is 0 Å². The van der Waals surface area contributed by atoms with Gasteiger partial charge in [0.1, 0.15) is 17.8 Å². The van der Waals surface area contributed by atoms with Crippen LogP contribution in [-0.2, 0) is 14.3 Å². The van der Waals surface area contributed by atoms with Crippen LogP contribution in [0, 0.1) is 18.3 Å². The number of phenols is 2. The van der Waals surface area contributed by atoms with E-state index in [-0.39, 0.29) is 62.8 Å². The summed E-state index contributed by atoms with van der Waals surface area (Å²) in [5.74, 6) is -2.30. The molecule has 0 aromatic heterocycles. The average Bonchev–Trinajstić information content (AvgIpc) is 2.87. The van der Waals surface area contributed by atoms with Gasteiger partial charge < -0.3 is 24.8 Å². The Morgan fingerprint density at radius 2 is 1.73 bits per heavy atom. The smallest absolute Gasteiger partial charge is 0.226 e. The van der Waals surface area contributed by atoms with E-state index in [0.717, 1.165) is 0 Å². The molecule has 3 N–H and O–H groups in total. The van der Waals surface area contributed by atoms with Crippen molar-refractivity contribution >= 4 is 17.3 Å². The van der Waals surface area contributed by atoms with Crippen LogP contribution >= 0.6 is 0 Å². The standard InChI is InChI=1S/C26H27N3O8/c1-9-20(31)11-6-12-18-16-17(21(32)10(2)26(37-5)24(16)35)22(33)19(28(18)3)13(7-27)29(12)14(8-30)15(11)23(34)25(9)36-4/h12-14,18-19,30,32,35H,6,8H2,1-5H3/t12-,13-,14-,18-,19+/m0/s1. The monoisotopic (exact) mass is 509 g/mol.